The zero-order chi connectivity index (χ0) is 14.5. The molecule has 0 aliphatic carbocycles. The third-order valence-corrected chi connectivity index (χ3v) is 3.52. The van der Waals surface area contributed by atoms with Crippen LogP contribution in [0.25, 0.3) is 0 Å². The van der Waals surface area contributed by atoms with E-state index < -0.39 is 0 Å². The molecule has 1 aromatic heterocycles. The zero-order valence-corrected chi connectivity index (χ0v) is 12.6. The molecule has 1 unspecified atom stereocenters. The van der Waals surface area contributed by atoms with E-state index in [2.05, 4.69) is 20.2 Å². The van der Waals surface area contributed by atoms with Gasteiger partial charge in [0, 0.05) is 36.9 Å². The fourth-order valence-electron chi connectivity index (χ4n) is 2.65. The molecule has 0 saturated carbocycles. The maximum Gasteiger partial charge on any atom is 0.225 e. The van der Waals surface area contributed by atoms with Crippen LogP contribution in [0, 0.1) is 13.8 Å². The second-order valence-corrected chi connectivity index (χ2v) is 5.55. The van der Waals surface area contributed by atoms with E-state index in [0.29, 0.717) is 6.42 Å². The van der Waals surface area contributed by atoms with Crippen LogP contribution in [0.3, 0.4) is 0 Å². The lowest BCUT2D eigenvalue weighted by atomic mass is 10.1. The molecule has 20 heavy (non-hydrogen) atoms. The molecule has 1 aliphatic heterocycles. The largest absolute Gasteiger partial charge is 0.352 e. The molecule has 5 heteroatoms. The predicted molar refractivity (Wildman–Crippen MR) is 79.8 cm³/mol. The fourth-order valence-corrected chi connectivity index (χ4v) is 2.65. The second kappa shape index (κ2) is 6.68. The molecular formula is C15H24N4O. The quantitative estimate of drug-likeness (QED) is 0.913. The smallest absolute Gasteiger partial charge is 0.225 e. The summed E-state index contributed by atoms with van der Waals surface area (Å²) in [6, 6.07) is 2.20. The maximum atomic E-state index is 11.7. The van der Waals surface area contributed by atoms with Gasteiger partial charge in [-0.2, -0.15) is 0 Å². The number of nitrogens with one attached hydrogen (secondary N) is 1. The Morgan fingerprint density at radius 2 is 2.10 bits per heavy atom. The number of hydrogen-bond donors (Lipinski definition) is 1. The summed E-state index contributed by atoms with van der Waals surface area (Å²) >= 11 is 0. The van der Waals surface area contributed by atoms with Crippen molar-refractivity contribution in [1.82, 2.24) is 15.3 Å². The van der Waals surface area contributed by atoms with Crippen molar-refractivity contribution in [2.75, 3.05) is 18.0 Å². The molecule has 110 valence electrons. The molecule has 1 atom stereocenters. The molecule has 1 aliphatic rings. The molecule has 1 N–H and O–H groups in total. The van der Waals surface area contributed by atoms with Crippen LogP contribution in [-0.2, 0) is 4.79 Å². The molecule has 2 heterocycles. The molecule has 0 aromatic carbocycles. The Morgan fingerprint density at radius 1 is 1.40 bits per heavy atom. The maximum absolute atomic E-state index is 11.7. The van der Waals surface area contributed by atoms with E-state index >= 15 is 0 Å². The third-order valence-electron chi connectivity index (χ3n) is 3.52. The Hall–Kier alpha value is -1.65. The Labute approximate surface area is 120 Å². The van der Waals surface area contributed by atoms with Gasteiger partial charge in [-0.15, -0.1) is 0 Å². The lowest BCUT2D eigenvalue weighted by Crippen LogP contribution is -2.48. The molecule has 1 aromatic rings. The number of amides is 1. The van der Waals surface area contributed by atoms with Gasteiger partial charge in [-0.3, -0.25) is 4.79 Å². The minimum Gasteiger partial charge on any atom is -0.352 e. The summed E-state index contributed by atoms with van der Waals surface area (Å²) in [5.74, 6) is 0.942. The molecule has 5 nitrogen and oxygen atoms in total. The van der Waals surface area contributed by atoms with Gasteiger partial charge < -0.3 is 10.2 Å². The Bertz CT molecular complexity index is 455. The van der Waals surface area contributed by atoms with Crippen LogP contribution in [0.1, 0.15) is 44.0 Å². The molecule has 0 radical (unpaired) electrons. The van der Waals surface area contributed by atoms with Crippen molar-refractivity contribution in [3.8, 4) is 0 Å². The van der Waals surface area contributed by atoms with Gasteiger partial charge in [-0.05, 0) is 39.2 Å². The van der Waals surface area contributed by atoms with E-state index in [0.717, 1.165) is 49.7 Å². The topological polar surface area (TPSA) is 58.1 Å². The SMILES string of the molecule is CCCC(=O)NC1CCCN(c2nc(C)cc(C)n2)C1. The molecule has 0 spiro atoms. The zero-order valence-electron chi connectivity index (χ0n) is 12.6. The molecule has 2 rings (SSSR count). The van der Waals surface area contributed by atoms with Crippen LogP contribution in [0.15, 0.2) is 6.07 Å². The summed E-state index contributed by atoms with van der Waals surface area (Å²) in [5.41, 5.74) is 1.98. The lowest BCUT2D eigenvalue weighted by molar-refractivity contribution is -0.121. The predicted octanol–water partition coefficient (Wildman–Crippen LogP) is 1.98. The minimum absolute atomic E-state index is 0.153. The highest BCUT2D eigenvalue weighted by molar-refractivity contribution is 5.76. The number of carbonyl (C=O) groups excluding carboxylic acids is 1. The third kappa shape index (κ3) is 3.92. The molecule has 1 saturated heterocycles. The van der Waals surface area contributed by atoms with Crippen molar-refractivity contribution in [2.24, 2.45) is 0 Å². The number of aryl methyl sites for hydroxylation is 2. The van der Waals surface area contributed by atoms with Crippen molar-refractivity contribution in [2.45, 2.75) is 52.5 Å². The number of carbonyl (C=O) groups is 1. The van der Waals surface area contributed by atoms with E-state index in [1.807, 2.05) is 26.8 Å². The van der Waals surface area contributed by atoms with E-state index in [1.54, 1.807) is 0 Å². The summed E-state index contributed by atoms with van der Waals surface area (Å²) < 4.78 is 0. The molecular weight excluding hydrogens is 252 g/mol. The molecule has 1 amide bonds. The van der Waals surface area contributed by atoms with Crippen LogP contribution >= 0.6 is 0 Å². The van der Waals surface area contributed by atoms with E-state index in [9.17, 15) is 4.79 Å². The average molecular weight is 276 g/mol. The molecule has 0 bridgehead atoms. The van der Waals surface area contributed by atoms with Gasteiger partial charge >= 0.3 is 0 Å². The van der Waals surface area contributed by atoms with Gasteiger partial charge in [-0.1, -0.05) is 6.92 Å². The first-order valence-electron chi connectivity index (χ1n) is 7.45. The van der Waals surface area contributed by atoms with Crippen LogP contribution in [0.4, 0.5) is 5.95 Å². The first kappa shape index (κ1) is 14.8. The van der Waals surface area contributed by atoms with Crippen molar-refractivity contribution < 1.29 is 4.79 Å². The number of anilines is 1. The van der Waals surface area contributed by atoms with Crippen molar-refractivity contribution in [3.05, 3.63) is 17.5 Å². The highest BCUT2D eigenvalue weighted by Gasteiger charge is 2.23. The Balaban J connectivity index is 2.01. The van der Waals surface area contributed by atoms with Crippen molar-refractivity contribution in [1.29, 1.82) is 0 Å². The number of nitrogens with zero attached hydrogens (tertiary/aromatic N) is 3. The van der Waals surface area contributed by atoms with Gasteiger partial charge in [-0.25, -0.2) is 9.97 Å². The number of rotatable bonds is 4. The lowest BCUT2D eigenvalue weighted by Gasteiger charge is -2.33. The summed E-state index contributed by atoms with van der Waals surface area (Å²) in [5, 5.41) is 3.11. The highest BCUT2D eigenvalue weighted by atomic mass is 16.1. The number of aromatic nitrogens is 2. The second-order valence-electron chi connectivity index (χ2n) is 5.55. The molecule has 1 fully saturated rings. The fraction of sp³-hybridized carbons (Fsp3) is 0.667. The number of piperidine rings is 1. The van der Waals surface area contributed by atoms with Crippen molar-refractivity contribution >= 4 is 11.9 Å². The number of hydrogen-bond acceptors (Lipinski definition) is 4. The minimum atomic E-state index is 0.153. The summed E-state index contributed by atoms with van der Waals surface area (Å²) in [4.78, 5) is 22.9. The van der Waals surface area contributed by atoms with E-state index in [-0.39, 0.29) is 11.9 Å². The Kier molecular flexibility index (Phi) is 4.93. The van der Waals surface area contributed by atoms with Gasteiger partial charge in [0.05, 0.1) is 0 Å². The van der Waals surface area contributed by atoms with Gasteiger partial charge in [0.1, 0.15) is 0 Å². The van der Waals surface area contributed by atoms with Gasteiger partial charge in [0.2, 0.25) is 11.9 Å². The van der Waals surface area contributed by atoms with E-state index in [4.69, 9.17) is 0 Å². The average Bonchev–Trinajstić information content (AvgIpc) is 2.38. The first-order chi connectivity index (χ1) is 9.58. The normalized spacial score (nSPS) is 18.9. The summed E-state index contributed by atoms with van der Waals surface area (Å²) in [6.07, 6.45) is 3.60. The Morgan fingerprint density at radius 3 is 2.75 bits per heavy atom. The highest BCUT2D eigenvalue weighted by Crippen LogP contribution is 2.17. The van der Waals surface area contributed by atoms with Crippen molar-refractivity contribution in [3.63, 3.8) is 0 Å². The summed E-state index contributed by atoms with van der Waals surface area (Å²) in [6.45, 7) is 7.77. The monoisotopic (exact) mass is 276 g/mol. The van der Waals surface area contributed by atoms with Gasteiger partial charge in [0.15, 0.2) is 0 Å². The first-order valence-corrected chi connectivity index (χ1v) is 7.45. The summed E-state index contributed by atoms with van der Waals surface area (Å²) in [7, 11) is 0. The van der Waals surface area contributed by atoms with Crippen LogP contribution in [-0.4, -0.2) is 35.0 Å². The van der Waals surface area contributed by atoms with E-state index in [1.165, 1.54) is 0 Å². The van der Waals surface area contributed by atoms with Crippen LogP contribution in [0.2, 0.25) is 0 Å². The standard InChI is InChI=1S/C15H24N4O/c1-4-6-14(20)18-13-7-5-8-19(10-13)15-16-11(2)9-12(3)17-15/h9,13H,4-8,10H2,1-3H3,(H,18,20). The van der Waals surface area contributed by atoms with Crippen LogP contribution in [0.5, 0.6) is 0 Å². The van der Waals surface area contributed by atoms with Gasteiger partial charge in [0.25, 0.3) is 0 Å². The van der Waals surface area contributed by atoms with Crippen LogP contribution < -0.4 is 10.2 Å².